The Bertz CT molecular complexity index is 864. The average molecular weight is 420 g/mol. The van der Waals surface area contributed by atoms with Crippen molar-refractivity contribution in [1.82, 2.24) is 0 Å². The van der Waals surface area contributed by atoms with Gasteiger partial charge in [-0.05, 0) is 56.7 Å². The molecule has 4 nitrogen and oxygen atoms in total. The summed E-state index contributed by atoms with van der Waals surface area (Å²) in [6.45, 7) is 5.32. The molecule has 0 aromatic heterocycles. The Hall–Kier alpha value is -2.47. The molecule has 0 saturated carbocycles. The third-order valence-electron chi connectivity index (χ3n) is 3.66. The molecule has 0 aliphatic heterocycles. The minimum Gasteiger partial charge on any atom is -0.449 e. The molecule has 1 amide bonds. The first-order chi connectivity index (χ1) is 12.3. The van der Waals surface area contributed by atoms with Crippen molar-refractivity contribution in [2.45, 2.75) is 26.9 Å². The van der Waals surface area contributed by atoms with Crippen LogP contribution in [0.15, 0.2) is 46.9 Å². The Labute approximate surface area is 160 Å². The Kier molecular flexibility index (Phi) is 6.69. The van der Waals surface area contributed by atoms with E-state index in [1.807, 2.05) is 26.0 Å². The average Bonchev–Trinajstić information content (AvgIpc) is 2.58. The normalized spacial score (nSPS) is 12.0. The largest absolute Gasteiger partial charge is 0.449 e. The molecule has 1 N–H and O–H groups in total. The molecule has 0 fully saturated rings. The first-order valence-electron chi connectivity index (χ1n) is 7.98. The highest BCUT2D eigenvalue weighted by molar-refractivity contribution is 9.10. The van der Waals surface area contributed by atoms with Gasteiger partial charge in [-0.1, -0.05) is 33.6 Å². The molecule has 1 atom stereocenters. The van der Waals surface area contributed by atoms with Gasteiger partial charge in [0.15, 0.2) is 6.10 Å². The van der Waals surface area contributed by atoms with Crippen molar-refractivity contribution in [3.63, 3.8) is 0 Å². The number of carbonyl (C=O) groups is 2. The predicted molar refractivity (Wildman–Crippen MR) is 103 cm³/mol. The number of nitrogens with one attached hydrogen (secondary N) is 1. The van der Waals surface area contributed by atoms with Gasteiger partial charge in [0.2, 0.25) is 0 Å². The van der Waals surface area contributed by atoms with Crippen molar-refractivity contribution in [2.24, 2.45) is 0 Å². The van der Waals surface area contributed by atoms with E-state index in [0.29, 0.717) is 10.2 Å². The van der Waals surface area contributed by atoms with Crippen LogP contribution >= 0.6 is 15.9 Å². The molecule has 2 aromatic rings. The Morgan fingerprint density at radius 2 is 1.92 bits per heavy atom. The third kappa shape index (κ3) is 5.52. The van der Waals surface area contributed by atoms with E-state index in [1.54, 1.807) is 12.1 Å². The topological polar surface area (TPSA) is 55.4 Å². The maximum absolute atomic E-state index is 13.6. The second-order valence-electron chi connectivity index (χ2n) is 5.89. The van der Waals surface area contributed by atoms with Crippen LogP contribution in [0.5, 0.6) is 0 Å². The molecule has 0 bridgehead atoms. The highest BCUT2D eigenvalue weighted by Crippen LogP contribution is 2.18. The predicted octanol–water partition coefficient (Wildman–Crippen LogP) is 4.79. The van der Waals surface area contributed by atoms with E-state index in [1.165, 1.54) is 25.1 Å². The van der Waals surface area contributed by atoms with E-state index in [9.17, 15) is 14.0 Å². The van der Waals surface area contributed by atoms with E-state index >= 15 is 0 Å². The number of hydrogen-bond acceptors (Lipinski definition) is 3. The van der Waals surface area contributed by atoms with Crippen LogP contribution < -0.4 is 5.32 Å². The van der Waals surface area contributed by atoms with Crippen molar-refractivity contribution < 1.29 is 18.7 Å². The fourth-order valence-corrected chi connectivity index (χ4v) is 2.63. The van der Waals surface area contributed by atoms with Gasteiger partial charge in [-0.15, -0.1) is 0 Å². The molecule has 136 valence electrons. The van der Waals surface area contributed by atoms with Crippen LogP contribution in [-0.2, 0) is 14.3 Å². The number of halogens is 2. The number of ether oxygens (including phenoxy) is 1. The van der Waals surface area contributed by atoms with E-state index in [0.717, 1.165) is 17.2 Å². The van der Waals surface area contributed by atoms with E-state index in [4.69, 9.17) is 4.74 Å². The van der Waals surface area contributed by atoms with E-state index < -0.39 is 23.8 Å². The van der Waals surface area contributed by atoms with Crippen molar-refractivity contribution in [3.05, 3.63) is 69.5 Å². The van der Waals surface area contributed by atoms with Crippen LogP contribution in [0.2, 0.25) is 0 Å². The van der Waals surface area contributed by atoms with Crippen LogP contribution in [0, 0.1) is 19.7 Å². The Morgan fingerprint density at radius 1 is 1.19 bits per heavy atom. The molecule has 0 spiro atoms. The van der Waals surface area contributed by atoms with E-state index in [2.05, 4.69) is 21.2 Å². The molecule has 0 aliphatic rings. The van der Waals surface area contributed by atoms with Gasteiger partial charge in [-0.2, -0.15) is 0 Å². The highest BCUT2D eigenvalue weighted by atomic mass is 79.9. The van der Waals surface area contributed by atoms with Crippen molar-refractivity contribution >= 4 is 39.6 Å². The fraction of sp³-hybridized carbons (Fsp3) is 0.200. The number of aryl methyl sites for hydroxylation is 2. The lowest BCUT2D eigenvalue weighted by molar-refractivity contribution is -0.148. The maximum Gasteiger partial charge on any atom is 0.331 e. The van der Waals surface area contributed by atoms with Gasteiger partial charge >= 0.3 is 5.97 Å². The van der Waals surface area contributed by atoms with Gasteiger partial charge < -0.3 is 10.1 Å². The molecule has 6 heteroatoms. The second kappa shape index (κ2) is 8.76. The zero-order valence-electron chi connectivity index (χ0n) is 14.7. The molecule has 26 heavy (non-hydrogen) atoms. The fourth-order valence-electron chi connectivity index (χ4n) is 2.26. The molecule has 2 rings (SSSR count). The summed E-state index contributed by atoms with van der Waals surface area (Å²) in [4.78, 5) is 24.0. The summed E-state index contributed by atoms with van der Waals surface area (Å²) in [5.41, 5.74) is 2.91. The maximum atomic E-state index is 13.6. The van der Waals surface area contributed by atoms with Crippen molar-refractivity contribution in [1.29, 1.82) is 0 Å². The van der Waals surface area contributed by atoms with Gasteiger partial charge in [0.05, 0.1) is 0 Å². The summed E-state index contributed by atoms with van der Waals surface area (Å²) >= 11 is 3.23. The molecule has 2 aromatic carbocycles. The molecule has 1 unspecified atom stereocenters. The summed E-state index contributed by atoms with van der Waals surface area (Å²) in [5.74, 6) is -1.63. The quantitative estimate of drug-likeness (QED) is 0.559. The minimum absolute atomic E-state index is 0.240. The van der Waals surface area contributed by atoms with Crippen LogP contribution in [0.3, 0.4) is 0 Å². The van der Waals surface area contributed by atoms with Gasteiger partial charge in [0, 0.05) is 21.8 Å². The zero-order chi connectivity index (χ0) is 19.3. The number of anilines is 1. The Morgan fingerprint density at radius 3 is 2.62 bits per heavy atom. The van der Waals surface area contributed by atoms with Crippen LogP contribution in [-0.4, -0.2) is 18.0 Å². The van der Waals surface area contributed by atoms with Crippen LogP contribution in [0.4, 0.5) is 10.1 Å². The molecular formula is C20H19BrFNO3. The smallest absolute Gasteiger partial charge is 0.331 e. The Balaban J connectivity index is 1.96. The zero-order valence-corrected chi connectivity index (χ0v) is 16.3. The SMILES string of the molecule is Cc1ccc(NC(=O)C(C)OC(=O)/C=C/c2cc(Br)ccc2F)c(C)c1. The summed E-state index contributed by atoms with van der Waals surface area (Å²) < 4.78 is 19.4. The van der Waals surface area contributed by atoms with Gasteiger partial charge in [-0.25, -0.2) is 9.18 Å². The molecule has 0 radical (unpaired) electrons. The lowest BCUT2D eigenvalue weighted by atomic mass is 10.1. The number of esters is 1. The van der Waals surface area contributed by atoms with E-state index in [-0.39, 0.29) is 5.56 Å². The monoisotopic (exact) mass is 419 g/mol. The lowest BCUT2D eigenvalue weighted by Gasteiger charge is -2.14. The first kappa shape index (κ1) is 19.8. The number of amides is 1. The van der Waals surface area contributed by atoms with Gasteiger partial charge in [0.25, 0.3) is 5.91 Å². The second-order valence-corrected chi connectivity index (χ2v) is 6.80. The summed E-state index contributed by atoms with van der Waals surface area (Å²) in [5, 5.41) is 2.73. The highest BCUT2D eigenvalue weighted by Gasteiger charge is 2.17. The standard InChI is InChI=1S/C20H19BrFNO3/c1-12-4-8-18(13(2)10-12)23-20(25)14(3)26-19(24)9-5-15-11-16(21)6-7-17(15)22/h4-11,14H,1-3H3,(H,23,25)/b9-5+. The molecule has 0 heterocycles. The van der Waals surface area contributed by atoms with Gasteiger partial charge in [0.1, 0.15) is 5.82 Å². The van der Waals surface area contributed by atoms with Crippen LogP contribution in [0.25, 0.3) is 6.08 Å². The first-order valence-corrected chi connectivity index (χ1v) is 8.77. The summed E-state index contributed by atoms with van der Waals surface area (Å²) in [6.07, 6.45) is 1.41. The lowest BCUT2D eigenvalue weighted by Crippen LogP contribution is -2.29. The molecule has 0 saturated heterocycles. The number of hydrogen-bond donors (Lipinski definition) is 1. The van der Waals surface area contributed by atoms with Crippen molar-refractivity contribution in [2.75, 3.05) is 5.32 Å². The van der Waals surface area contributed by atoms with Gasteiger partial charge in [-0.3, -0.25) is 4.79 Å². The number of rotatable bonds is 5. The molecule has 0 aliphatic carbocycles. The van der Waals surface area contributed by atoms with Crippen LogP contribution in [0.1, 0.15) is 23.6 Å². The number of benzene rings is 2. The molecular weight excluding hydrogens is 401 g/mol. The summed E-state index contributed by atoms with van der Waals surface area (Å²) in [7, 11) is 0. The number of carbonyl (C=O) groups excluding carboxylic acids is 2. The summed E-state index contributed by atoms with van der Waals surface area (Å²) in [6, 6.07) is 10.0. The van der Waals surface area contributed by atoms with Crippen molar-refractivity contribution in [3.8, 4) is 0 Å². The minimum atomic E-state index is -0.986. The third-order valence-corrected chi connectivity index (χ3v) is 4.15.